The zero-order valence-corrected chi connectivity index (χ0v) is 14.7. The highest BCUT2D eigenvalue weighted by Gasteiger charge is 2.25. The summed E-state index contributed by atoms with van der Waals surface area (Å²) in [5, 5.41) is 1.29. The molecule has 0 bridgehead atoms. The van der Waals surface area contributed by atoms with Gasteiger partial charge in [-0.3, -0.25) is 4.31 Å². The average Bonchev–Trinajstić information content (AvgIpc) is 2.59. The lowest BCUT2D eigenvalue weighted by Gasteiger charge is -2.29. The summed E-state index contributed by atoms with van der Waals surface area (Å²) in [6.07, 6.45) is 3.40. The van der Waals surface area contributed by atoms with Crippen molar-refractivity contribution in [3.05, 3.63) is 64.6 Å². The summed E-state index contributed by atoms with van der Waals surface area (Å²) >= 11 is 0. The normalized spacial score (nSPS) is 14.7. The maximum atomic E-state index is 12.7. The molecule has 24 heavy (non-hydrogen) atoms. The van der Waals surface area contributed by atoms with E-state index in [1.807, 2.05) is 49.4 Å². The Morgan fingerprint density at radius 3 is 2.71 bits per heavy atom. The number of aryl methyl sites for hydroxylation is 2. The van der Waals surface area contributed by atoms with Crippen LogP contribution < -0.4 is 9.04 Å². The van der Waals surface area contributed by atoms with Gasteiger partial charge in [-0.05, 0) is 60.7 Å². The summed E-state index contributed by atoms with van der Waals surface area (Å²) < 4.78 is 32.2. The van der Waals surface area contributed by atoms with Gasteiger partial charge in [0, 0.05) is 6.54 Å². The number of hydrogen-bond donors (Lipinski definition) is 0. The maximum absolute atomic E-state index is 12.7. The summed E-state index contributed by atoms with van der Waals surface area (Å²) in [5.41, 5.74) is 3.68. The number of sulfonamides is 1. The number of rotatable bonds is 4. The monoisotopic (exact) mass is 343 g/mol. The minimum absolute atomic E-state index is 0.519. The van der Waals surface area contributed by atoms with Gasteiger partial charge in [-0.2, -0.15) is 0 Å². The number of nitrogens with zero attached hydrogens (tertiary/aromatic N) is 1. The van der Waals surface area contributed by atoms with Crippen molar-refractivity contribution in [2.24, 2.45) is 0 Å². The molecule has 2 aromatic rings. The van der Waals surface area contributed by atoms with Crippen LogP contribution in [0.5, 0.6) is 5.75 Å². The molecule has 0 radical (unpaired) electrons. The van der Waals surface area contributed by atoms with Gasteiger partial charge in [-0.1, -0.05) is 24.3 Å². The molecule has 0 saturated heterocycles. The number of anilines is 1. The topological polar surface area (TPSA) is 46.6 Å². The fourth-order valence-corrected chi connectivity index (χ4v) is 4.32. The maximum Gasteiger partial charge on any atom is 0.257 e. The minimum Gasteiger partial charge on any atom is -0.496 e. The van der Waals surface area contributed by atoms with Gasteiger partial charge in [-0.15, -0.1) is 0 Å². The van der Waals surface area contributed by atoms with Crippen molar-refractivity contribution in [1.29, 1.82) is 0 Å². The van der Waals surface area contributed by atoms with Crippen LogP contribution in [0.2, 0.25) is 0 Å². The summed E-state index contributed by atoms with van der Waals surface area (Å²) in [6.45, 7) is 2.46. The molecule has 0 aliphatic carbocycles. The van der Waals surface area contributed by atoms with Gasteiger partial charge in [0.2, 0.25) is 0 Å². The molecule has 0 amide bonds. The van der Waals surface area contributed by atoms with Crippen LogP contribution in [0.25, 0.3) is 6.08 Å². The van der Waals surface area contributed by atoms with E-state index in [-0.39, 0.29) is 0 Å². The summed E-state index contributed by atoms with van der Waals surface area (Å²) in [4.78, 5) is 0. The molecule has 2 aromatic carbocycles. The lowest BCUT2D eigenvalue weighted by atomic mass is 10.0. The third kappa shape index (κ3) is 3.31. The van der Waals surface area contributed by atoms with E-state index < -0.39 is 10.0 Å². The van der Waals surface area contributed by atoms with E-state index in [0.717, 1.165) is 41.0 Å². The fraction of sp³-hybridized carbons (Fsp3) is 0.263. The predicted molar refractivity (Wildman–Crippen MR) is 97.8 cm³/mol. The summed E-state index contributed by atoms with van der Waals surface area (Å²) in [6, 6.07) is 13.3. The molecule has 0 fully saturated rings. The molecule has 1 aliphatic heterocycles. The van der Waals surface area contributed by atoms with Crippen molar-refractivity contribution in [3.8, 4) is 5.75 Å². The third-order valence-corrected chi connectivity index (χ3v) is 5.70. The molecule has 0 atom stereocenters. The van der Waals surface area contributed by atoms with Crippen LogP contribution in [-0.2, 0) is 16.4 Å². The van der Waals surface area contributed by atoms with Gasteiger partial charge < -0.3 is 4.74 Å². The average molecular weight is 343 g/mol. The fourth-order valence-electron chi connectivity index (χ4n) is 3.01. The Morgan fingerprint density at radius 2 is 1.96 bits per heavy atom. The zero-order valence-electron chi connectivity index (χ0n) is 13.9. The Labute approximate surface area is 143 Å². The van der Waals surface area contributed by atoms with Gasteiger partial charge in [0.25, 0.3) is 10.0 Å². The van der Waals surface area contributed by atoms with Gasteiger partial charge in [0.1, 0.15) is 5.75 Å². The molecule has 0 unspecified atom stereocenters. The molecule has 0 spiro atoms. The second-order valence-electron chi connectivity index (χ2n) is 5.88. The molecule has 3 rings (SSSR count). The molecule has 1 heterocycles. The van der Waals surface area contributed by atoms with Crippen molar-refractivity contribution in [1.82, 2.24) is 0 Å². The summed E-state index contributed by atoms with van der Waals surface area (Å²) in [5.74, 6) is 0.792. The van der Waals surface area contributed by atoms with Crippen molar-refractivity contribution in [3.63, 3.8) is 0 Å². The molecule has 5 heteroatoms. The van der Waals surface area contributed by atoms with E-state index in [0.29, 0.717) is 6.54 Å². The van der Waals surface area contributed by atoms with Gasteiger partial charge in [0.05, 0.1) is 18.2 Å². The van der Waals surface area contributed by atoms with Gasteiger partial charge in [0.15, 0.2) is 0 Å². The molecule has 0 N–H and O–H groups in total. The van der Waals surface area contributed by atoms with Crippen molar-refractivity contribution < 1.29 is 13.2 Å². The number of benzene rings is 2. The zero-order chi connectivity index (χ0) is 17.2. The Bertz CT molecular complexity index is 872. The van der Waals surface area contributed by atoms with Crippen LogP contribution in [0, 0.1) is 6.92 Å². The minimum atomic E-state index is -3.50. The second kappa shape index (κ2) is 6.69. The van der Waals surface area contributed by atoms with E-state index in [4.69, 9.17) is 4.74 Å². The van der Waals surface area contributed by atoms with Crippen LogP contribution in [0.3, 0.4) is 0 Å². The molecule has 4 nitrogen and oxygen atoms in total. The van der Waals surface area contributed by atoms with Crippen LogP contribution >= 0.6 is 0 Å². The first-order valence-electron chi connectivity index (χ1n) is 7.94. The van der Waals surface area contributed by atoms with Gasteiger partial charge in [-0.25, -0.2) is 8.42 Å². The first kappa shape index (κ1) is 16.6. The number of ether oxygens (including phenoxy) is 1. The van der Waals surface area contributed by atoms with Crippen LogP contribution in [0.1, 0.15) is 23.1 Å². The number of hydrogen-bond acceptors (Lipinski definition) is 3. The Balaban J connectivity index is 1.88. The molecular weight excluding hydrogens is 322 g/mol. The largest absolute Gasteiger partial charge is 0.496 e. The van der Waals surface area contributed by atoms with Crippen molar-refractivity contribution >= 4 is 21.8 Å². The van der Waals surface area contributed by atoms with E-state index in [1.165, 1.54) is 9.71 Å². The molecular formula is C19H21NO3S. The second-order valence-corrected chi connectivity index (χ2v) is 7.62. The first-order chi connectivity index (χ1) is 11.5. The highest BCUT2D eigenvalue weighted by atomic mass is 32.2. The lowest BCUT2D eigenvalue weighted by Crippen LogP contribution is -2.33. The smallest absolute Gasteiger partial charge is 0.257 e. The number of fused-ring (bicyclic) bond motifs is 1. The number of para-hydroxylation sites is 1. The van der Waals surface area contributed by atoms with Gasteiger partial charge >= 0.3 is 0 Å². The number of methoxy groups -OCH3 is 1. The SMILES string of the molecule is COc1ccc(/C=C/S(=O)(=O)N2CCCc3ccccc32)cc1C. The van der Waals surface area contributed by atoms with E-state index >= 15 is 0 Å². The highest BCUT2D eigenvalue weighted by Crippen LogP contribution is 2.29. The highest BCUT2D eigenvalue weighted by molar-refractivity contribution is 7.95. The van der Waals surface area contributed by atoms with Crippen molar-refractivity contribution in [2.75, 3.05) is 18.0 Å². The summed E-state index contributed by atoms with van der Waals surface area (Å²) in [7, 11) is -1.88. The van der Waals surface area contributed by atoms with Crippen LogP contribution in [-0.4, -0.2) is 22.1 Å². The molecule has 126 valence electrons. The first-order valence-corrected chi connectivity index (χ1v) is 9.45. The Hall–Kier alpha value is -2.27. The van der Waals surface area contributed by atoms with Crippen molar-refractivity contribution in [2.45, 2.75) is 19.8 Å². The molecule has 0 saturated carbocycles. The standard InChI is InChI=1S/C19H21NO3S/c1-15-14-16(9-10-19(15)23-2)11-13-24(21,22)20-12-5-7-17-6-3-4-8-18(17)20/h3-4,6,8-11,13-14H,5,7,12H2,1-2H3/b13-11+. The van der Waals surface area contributed by atoms with E-state index in [2.05, 4.69) is 0 Å². The molecule has 0 aromatic heterocycles. The third-order valence-electron chi connectivity index (χ3n) is 4.23. The predicted octanol–water partition coefficient (Wildman–Crippen LogP) is 3.76. The van der Waals surface area contributed by atoms with E-state index in [9.17, 15) is 8.42 Å². The van der Waals surface area contributed by atoms with E-state index in [1.54, 1.807) is 13.2 Å². The van der Waals surface area contributed by atoms with Crippen LogP contribution in [0.15, 0.2) is 47.9 Å². The lowest BCUT2D eigenvalue weighted by molar-refractivity contribution is 0.411. The Kier molecular flexibility index (Phi) is 4.62. The van der Waals surface area contributed by atoms with Crippen LogP contribution in [0.4, 0.5) is 5.69 Å². The molecule has 1 aliphatic rings. The Morgan fingerprint density at radius 1 is 1.17 bits per heavy atom. The quantitative estimate of drug-likeness (QED) is 0.849.